The summed E-state index contributed by atoms with van der Waals surface area (Å²) in [6.07, 6.45) is -2.98. The quantitative estimate of drug-likeness (QED) is 0.692. The number of carbonyl (C=O) groups is 2. The van der Waals surface area contributed by atoms with Gasteiger partial charge in [-0.15, -0.1) is 13.2 Å². The van der Waals surface area contributed by atoms with E-state index in [2.05, 4.69) is 10.1 Å². The first-order valence-electron chi connectivity index (χ1n) is 9.89. The Labute approximate surface area is 177 Å². The van der Waals surface area contributed by atoms with Crippen LogP contribution in [0, 0.1) is 5.82 Å². The molecule has 5 nitrogen and oxygen atoms in total. The number of amides is 2. The second-order valence-corrected chi connectivity index (χ2v) is 7.30. The van der Waals surface area contributed by atoms with E-state index in [-0.39, 0.29) is 29.7 Å². The Balaban J connectivity index is 1.42. The van der Waals surface area contributed by atoms with Crippen molar-refractivity contribution in [1.29, 1.82) is 0 Å². The lowest BCUT2D eigenvalue weighted by molar-refractivity contribution is -0.274. The molecule has 0 atom stereocenters. The molecule has 1 N–H and O–H groups in total. The predicted molar refractivity (Wildman–Crippen MR) is 105 cm³/mol. The van der Waals surface area contributed by atoms with E-state index in [1.807, 2.05) is 0 Å². The highest BCUT2D eigenvalue weighted by Crippen LogP contribution is 2.23. The van der Waals surface area contributed by atoms with Crippen LogP contribution < -0.4 is 10.1 Å². The Kier molecular flexibility index (Phi) is 7.14. The van der Waals surface area contributed by atoms with E-state index in [9.17, 15) is 27.2 Å². The van der Waals surface area contributed by atoms with Gasteiger partial charge in [0.2, 0.25) is 5.91 Å². The van der Waals surface area contributed by atoms with Gasteiger partial charge in [-0.25, -0.2) is 4.39 Å². The fourth-order valence-corrected chi connectivity index (χ4v) is 3.45. The third-order valence-corrected chi connectivity index (χ3v) is 5.09. The first kappa shape index (κ1) is 22.6. The van der Waals surface area contributed by atoms with Crippen molar-refractivity contribution in [2.24, 2.45) is 0 Å². The van der Waals surface area contributed by atoms with Crippen LogP contribution in [-0.2, 0) is 11.2 Å². The molecule has 2 aromatic carbocycles. The number of halogens is 4. The highest BCUT2D eigenvalue weighted by atomic mass is 19.4. The number of hydrogen-bond donors (Lipinski definition) is 1. The Morgan fingerprint density at radius 2 is 1.68 bits per heavy atom. The molecule has 1 heterocycles. The number of aryl methyl sites for hydroxylation is 1. The first-order valence-corrected chi connectivity index (χ1v) is 9.89. The highest BCUT2D eigenvalue weighted by molar-refractivity contribution is 5.94. The van der Waals surface area contributed by atoms with Crippen molar-refractivity contribution in [3.8, 4) is 5.75 Å². The summed E-state index contributed by atoms with van der Waals surface area (Å²) in [7, 11) is 0. The van der Waals surface area contributed by atoms with E-state index in [1.54, 1.807) is 11.0 Å². The Bertz CT molecular complexity index is 908. The SMILES string of the molecule is O=C(NC1CCN(C(=O)CCc2ccc(OC(F)(F)F)cc2)CC1)c1ccccc1F. The van der Waals surface area contributed by atoms with Gasteiger partial charge in [-0.2, -0.15) is 0 Å². The average Bonchev–Trinajstić information content (AvgIpc) is 2.73. The van der Waals surface area contributed by atoms with E-state index < -0.39 is 18.1 Å². The van der Waals surface area contributed by atoms with Crippen molar-refractivity contribution in [1.82, 2.24) is 10.2 Å². The number of nitrogens with one attached hydrogen (secondary N) is 1. The van der Waals surface area contributed by atoms with Gasteiger partial charge in [0.15, 0.2) is 0 Å². The van der Waals surface area contributed by atoms with Crippen LogP contribution in [-0.4, -0.2) is 42.2 Å². The van der Waals surface area contributed by atoms with E-state index >= 15 is 0 Å². The van der Waals surface area contributed by atoms with Gasteiger partial charge < -0.3 is 15.0 Å². The van der Waals surface area contributed by atoms with Crippen molar-refractivity contribution >= 4 is 11.8 Å². The Morgan fingerprint density at radius 1 is 1.03 bits per heavy atom. The second kappa shape index (κ2) is 9.80. The number of alkyl halides is 3. The summed E-state index contributed by atoms with van der Waals surface area (Å²) >= 11 is 0. The minimum Gasteiger partial charge on any atom is -0.406 e. The number of carbonyl (C=O) groups excluding carboxylic acids is 2. The van der Waals surface area contributed by atoms with Crippen LogP contribution in [0.1, 0.15) is 35.2 Å². The summed E-state index contributed by atoms with van der Waals surface area (Å²) < 4.78 is 54.1. The lowest BCUT2D eigenvalue weighted by atomic mass is 10.0. The van der Waals surface area contributed by atoms with Gasteiger partial charge in [-0.05, 0) is 49.1 Å². The van der Waals surface area contributed by atoms with Gasteiger partial charge in [0.25, 0.3) is 5.91 Å². The lowest BCUT2D eigenvalue weighted by Gasteiger charge is -2.32. The number of piperidine rings is 1. The first-order chi connectivity index (χ1) is 14.7. The molecule has 2 aromatic rings. The highest BCUT2D eigenvalue weighted by Gasteiger charge is 2.31. The topological polar surface area (TPSA) is 58.6 Å². The van der Waals surface area contributed by atoms with E-state index in [0.717, 1.165) is 5.56 Å². The number of rotatable bonds is 6. The molecule has 0 radical (unpaired) electrons. The van der Waals surface area contributed by atoms with Crippen molar-refractivity contribution in [2.75, 3.05) is 13.1 Å². The fourth-order valence-electron chi connectivity index (χ4n) is 3.45. The molecule has 0 bridgehead atoms. The molecule has 1 aliphatic heterocycles. The normalized spacial score (nSPS) is 14.9. The smallest absolute Gasteiger partial charge is 0.406 e. The number of hydrogen-bond acceptors (Lipinski definition) is 3. The number of benzene rings is 2. The summed E-state index contributed by atoms with van der Waals surface area (Å²) in [4.78, 5) is 26.3. The van der Waals surface area contributed by atoms with Crippen LogP contribution in [0.5, 0.6) is 5.75 Å². The summed E-state index contributed by atoms with van der Waals surface area (Å²) in [6, 6.07) is 11.1. The molecule has 0 unspecified atom stereocenters. The van der Waals surface area contributed by atoms with Crippen LogP contribution in [0.15, 0.2) is 48.5 Å². The van der Waals surface area contributed by atoms with E-state index in [4.69, 9.17) is 0 Å². The number of likely N-dealkylation sites (tertiary alicyclic amines) is 1. The van der Waals surface area contributed by atoms with Gasteiger partial charge in [0.05, 0.1) is 5.56 Å². The molecule has 2 amide bonds. The molecular formula is C22H22F4N2O3. The summed E-state index contributed by atoms with van der Waals surface area (Å²) in [5, 5.41) is 2.81. The summed E-state index contributed by atoms with van der Waals surface area (Å²) in [6.45, 7) is 0.943. The van der Waals surface area contributed by atoms with Gasteiger partial charge in [-0.1, -0.05) is 24.3 Å². The maximum atomic E-state index is 13.7. The van der Waals surface area contributed by atoms with Gasteiger partial charge in [-0.3, -0.25) is 9.59 Å². The molecule has 0 aromatic heterocycles. The largest absolute Gasteiger partial charge is 0.573 e. The lowest BCUT2D eigenvalue weighted by Crippen LogP contribution is -2.46. The zero-order valence-corrected chi connectivity index (χ0v) is 16.6. The van der Waals surface area contributed by atoms with Gasteiger partial charge in [0, 0.05) is 25.6 Å². The van der Waals surface area contributed by atoms with Crippen LogP contribution in [0.25, 0.3) is 0 Å². The molecule has 1 aliphatic rings. The van der Waals surface area contributed by atoms with Crippen molar-refractivity contribution in [3.63, 3.8) is 0 Å². The van der Waals surface area contributed by atoms with Crippen LogP contribution in [0.3, 0.4) is 0 Å². The van der Waals surface area contributed by atoms with Crippen LogP contribution >= 0.6 is 0 Å². The average molecular weight is 438 g/mol. The fraction of sp³-hybridized carbons (Fsp3) is 0.364. The molecule has 9 heteroatoms. The molecule has 1 saturated heterocycles. The molecule has 31 heavy (non-hydrogen) atoms. The minimum atomic E-state index is -4.74. The number of ether oxygens (including phenoxy) is 1. The third-order valence-electron chi connectivity index (χ3n) is 5.09. The molecule has 166 valence electrons. The van der Waals surface area contributed by atoms with Crippen LogP contribution in [0.2, 0.25) is 0 Å². The predicted octanol–water partition coefficient (Wildman–Crippen LogP) is 4.08. The third kappa shape index (κ3) is 6.70. The van der Waals surface area contributed by atoms with E-state index in [1.165, 1.54) is 42.5 Å². The monoisotopic (exact) mass is 438 g/mol. The molecule has 0 spiro atoms. The standard InChI is InChI=1S/C22H22F4N2O3/c23-19-4-2-1-3-18(19)21(30)27-16-11-13-28(14-12-16)20(29)10-7-15-5-8-17(9-6-15)31-22(24,25)26/h1-6,8-9,16H,7,10-14H2,(H,27,30). The van der Waals surface area contributed by atoms with Crippen molar-refractivity contribution in [3.05, 3.63) is 65.5 Å². The Hall–Kier alpha value is -3.10. The van der Waals surface area contributed by atoms with Crippen molar-refractivity contribution in [2.45, 2.75) is 38.1 Å². The summed E-state index contributed by atoms with van der Waals surface area (Å²) in [5.74, 6) is -1.41. The zero-order chi connectivity index (χ0) is 22.4. The molecule has 0 saturated carbocycles. The van der Waals surface area contributed by atoms with Gasteiger partial charge >= 0.3 is 6.36 Å². The minimum absolute atomic E-state index is 0.00680. The van der Waals surface area contributed by atoms with Crippen LogP contribution in [0.4, 0.5) is 17.6 Å². The van der Waals surface area contributed by atoms with Crippen molar-refractivity contribution < 1.29 is 31.9 Å². The molecule has 1 fully saturated rings. The zero-order valence-electron chi connectivity index (χ0n) is 16.6. The Morgan fingerprint density at radius 3 is 2.29 bits per heavy atom. The number of nitrogens with zero attached hydrogens (tertiary/aromatic N) is 1. The molecular weight excluding hydrogens is 416 g/mol. The second-order valence-electron chi connectivity index (χ2n) is 7.30. The maximum Gasteiger partial charge on any atom is 0.573 e. The summed E-state index contributed by atoms with van der Waals surface area (Å²) in [5.41, 5.74) is 0.725. The maximum absolute atomic E-state index is 13.7. The van der Waals surface area contributed by atoms with E-state index in [0.29, 0.717) is 32.4 Å². The molecule has 0 aliphatic carbocycles. The van der Waals surface area contributed by atoms with Gasteiger partial charge in [0.1, 0.15) is 11.6 Å². The molecule has 3 rings (SSSR count).